The van der Waals surface area contributed by atoms with E-state index in [0.717, 1.165) is 5.92 Å². The molecule has 0 fully saturated rings. The molecule has 0 N–H and O–H groups in total. The number of allylic oxidation sites excluding steroid dienone is 4. The highest BCUT2D eigenvalue weighted by Crippen LogP contribution is 2.15. The first kappa shape index (κ1) is 15.5. The molecular weight excluding hydrogens is 192 g/mol. The summed E-state index contributed by atoms with van der Waals surface area (Å²) in [6, 6.07) is 0. The Bertz CT molecular complexity index is 216. The molecule has 0 heteroatoms. The third-order valence-electron chi connectivity index (χ3n) is 3.03. The molecule has 0 nitrogen and oxygen atoms in total. The molecule has 0 aromatic carbocycles. The molecule has 0 heterocycles. The predicted octanol–water partition coefficient (Wildman–Crippen LogP) is 5.90. The van der Waals surface area contributed by atoms with Crippen molar-refractivity contribution in [2.75, 3.05) is 0 Å². The van der Waals surface area contributed by atoms with E-state index in [1.807, 2.05) is 0 Å². The molecule has 0 saturated heterocycles. The van der Waals surface area contributed by atoms with E-state index in [9.17, 15) is 0 Å². The van der Waals surface area contributed by atoms with Crippen molar-refractivity contribution >= 4 is 0 Å². The highest BCUT2D eigenvalue weighted by Gasteiger charge is 1.98. The van der Waals surface area contributed by atoms with Gasteiger partial charge in [-0.3, -0.25) is 0 Å². The maximum absolute atomic E-state index is 2.44. The van der Waals surface area contributed by atoms with E-state index in [1.165, 1.54) is 44.1 Å². The van der Waals surface area contributed by atoms with Crippen LogP contribution in [0, 0.1) is 5.92 Å². The Labute approximate surface area is 103 Å². The van der Waals surface area contributed by atoms with Crippen molar-refractivity contribution in [1.82, 2.24) is 0 Å². The molecule has 94 valence electrons. The Morgan fingerprint density at radius 2 is 1.69 bits per heavy atom. The standard InChI is InChI=1S/C16H30/c1-6-9-15(4)12-8-13-16(5)11-7-10-14(2)3/h10,13,15H,6-9,11-12H2,1-5H3. The van der Waals surface area contributed by atoms with Crippen LogP contribution < -0.4 is 0 Å². The lowest BCUT2D eigenvalue weighted by Gasteiger charge is -2.07. The van der Waals surface area contributed by atoms with Gasteiger partial charge in [-0.25, -0.2) is 0 Å². The fourth-order valence-corrected chi connectivity index (χ4v) is 1.94. The average Bonchev–Trinajstić information content (AvgIpc) is 2.17. The quantitative estimate of drug-likeness (QED) is 0.449. The van der Waals surface area contributed by atoms with Gasteiger partial charge in [0.25, 0.3) is 0 Å². The van der Waals surface area contributed by atoms with Gasteiger partial charge in [-0.1, -0.05) is 50.0 Å². The third kappa shape index (κ3) is 10.0. The van der Waals surface area contributed by atoms with Gasteiger partial charge in [0.2, 0.25) is 0 Å². The first-order valence-corrected chi connectivity index (χ1v) is 6.85. The molecule has 0 aliphatic carbocycles. The summed E-state index contributed by atoms with van der Waals surface area (Å²) < 4.78 is 0. The van der Waals surface area contributed by atoms with E-state index in [0.29, 0.717) is 0 Å². The summed E-state index contributed by atoms with van der Waals surface area (Å²) in [5, 5.41) is 0. The summed E-state index contributed by atoms with van der Waals surface area (Å²) in [7, 11) is 0. The van der Waals surface area contributed by atoms with Crippen molar-refractivity contribution in [3.05, 3.63) is 23.3 Å². The smallest absolute Gasteiger partial charge is 0.0288 e. The molecule has 1 atom stereocenters. The zero-order valence-corrected chi connectivity index (χ0v) is 12.0. The number of rotatable bonds is 8. The van der Waals surface area contributed by atoms with Crippen LogP contribution in [-0.4, -0.2) is 0 Å². The van der Waals surface area contributed by atoms with E-state index < -0.39 is 0 Å². The molecule has 0 radical (unpaired) electrons. The van der Waals surface area contributed by atoms with Gasteiger partial charge in [0.1, 0.15) is 0 Å². The van der Waals surface area contributed by atoms with Crippen molar-refractivity contribution < 1.29 is 0 Å². The second-order valence-corrected chi connectivity index (χ2v) is 5.34. The van der Waals surface area contributed by atoms with Crippen molar-refractivity contribution in [3.8, 4) is 0 Å². The summed E-state index contributed by atoms with van der Waals surface area (Å²) in [4.78, 5) is 0. The number of hydrogen-bond acceptors (Lipinski definition) is 0. The fourth-order valence-electron chi connectivity index (χ4n) is 1.94. The lowest BCUT2D eigenvalue weighted by atomic mass is 9.99. The van der Waals surface area contributed by atoms with E-state index in [2.05, 4.69) is 46.8 Å². The summed E-state index contributed by atoms with van der Waals surface area (Å²) in [6.45, 7) is 11.3. The van der Waals surface area contributed by atoms with Crippen LogP contribution in [0.5, 0.6) is 0 Å². The molecule has 0 rings (SSSR count). The Morgan fingerprint density at radius 1 is 1.00 bits per heavy atom. The third-order valence-corrected chi connectivity index (χ3v) is 3.03. The molecule has 16 heavy (non-hydrogen) atoms. The minimum atomic E-state index is 0.895. The van der Waals surface area contributed by atoms with E-state index >= 15 is 0 Å². The molecule has 0 spiro atoms. The molecule has 0 bridgehead atoms. The van der Waals surface area contributed by atoms with Gasteiger partial charge in [-0.15, -0.1) is 0 Å². The van der Waals surface area contributed by atoms with Crippen LogP contribution in [0.2, 0.25) is 0 Å². The minimum Gasteiger partial charge on any atom is -0.0856 e. The van der Waals surface area contributed by atoms with Crippen LogP contribution >= 0.6 is 0 Å². The van der Waals surface area contributed by atoms with E-state index in [-0.39, 0.29) is 0 Å². The Balaban J connectivity index is 3.66. The molecule has 0 aromatic heterocycles. The zero-order valence-electron chi connectivity index (χ0n) is 12.0. The van der Waals surface area contributed by atoms with Gasteiger partial charge >= 0.3 is 0 Å². The first-order valence-electron chi connectivity index (χ1n) is 6.85. The van der Waals surface area contributed by atoms with Crippen LogP contribution in [0.25, 0.3) is 0 Å². The van der Waals surface area contributed by atoms with Crippen molar-refractivity contribution in [3.63, 3.8) is 0 Å². The lowest BCUT2D eigenvalue weighted by Crippen LogP contribution is -1.92. The molecule has 0 aliphatic rings. The lowest BCUT2D eigenvalue weighted by molar-refractivity contribution is 0.490. The Morgan fingerprint density at radius 3 is 2.25 bits per heavy atom. The van der Waals surface area contributed by atoms with E-state index in [1.54, 1.807) is 5.57 Å². The zero-order chi connectivity index (χ0) is 12.4. The summed E-state index contributed by atoms with van der Waals surface area (Å²) in [5.74, 6) is 0.895. The van der Waals surface area contributed by atoms with Crippen LogP contribution in [0.3, 0.4) is 0 Å². The average molecular weight is 222 g/mol. The molecular formula is C16H30. The minimum absolute atomic E-state index is 0.895. The van der Waals surface area contributed by atoms with Crippen molar-refractivity contribution in [2.24, 2.45) is 5.92 Å². The van der Waals surface area contributed by atoms with Gasteiger partial charge in [0.05, 0.1) is 0 Å². The highest BCUT2D eigenvalue weighted by atomic mass is 14.0. The maximum Gasteiger partial charge on any atom is -0.0288 e. The van der Waals surface area contributed by atoms with Crippen molar-refractivity contribution in [2.45, 2.75) is 73.1 Å². The summed E-state index contributed by atoms with van der Waals surface area (Å²) in [6.07, 6.45) is 12.5. The molecule has 0 aliphatic heterocycles. The summed E-state index contributed by atoms with van der Waals surface area (Å²) >= 11 is 0. The van der Waals surface area contributed by atoms with Crippen LogP contribution in [0.1, 0.15) is 73.1 Å². The summed E-state index contributed by atoms with van der Waals surface area (Å²) in [5.41, 5.74) is 2.99. The Hall–Kier alpha value is -0.520. The largest absolute Gasteiger partial charge is 0.0856 e. The highest BCUT2D eigenvalue weighted by molar-refractivity contribution is 5.02. The van der Waals surface area contributed by atoms with E-state index in [4.69, 9.17) is 0 Å². The van der Waals surface area contributed by atoms with Crippen LogP contribution in [-0.2, 0) is 0 Å². The van der Waals surface area contributed by atoms with Crippen molar-refractivity contribution in [1.29, 1.82) is 0 Å². The molecule has 0 saturated carbocycles. The monoisotopic (exact) mass is 222 g/mol. The van der Waals surface area contributed by atoms with Crippen LogP contribution in [0.15, 0.2) is 23.3 Å². The van der Waals surface area contributed by atoms with Gasteiger partial charge in [-0.2, -0.15) is 0 Å². The number of hydrogen-bond donors (Lipinski definition) is 0. The Kier molecular flexibility index (Phi) is 9.37. The second-order valence-electron chi connectivity index (χ2n) is 5.34. The van der Waals surface area contributed by atoms with Gasteiger partial charge in [-0.05, 0) is 52.4 Å². The van der Waals surface area contributed by atoms with Gasteiger partial charge < -0.3 is 0 Å². The second kappa shape index (κ2) is 9.69. The SMILES string of the molecule is CCCC(C)CCC=C(C)CCC=C(C)C. The first-order chi connectivity index (χ1) is 7.56. The molecule has 1 unspecified atom stereocenters. The molecule has 0 amide bonds. The fraction of sp³-hybridized carbons (Fsp3) is 0.750. The van der Waals surface area contributed by atoms with Gasteiger partial charge in [0.15, 0.2) is 0 Å². The predicted molar refractivity (Wildman–Crippen MR) is 75.7 cm³/mol. The maximum atomic E-state index is 2.44. The van der Waals surface area contributed by atoms with Gasteiger partial charge in [0, 0.05) is 0 Å². The normalized spacial score (nSPS) is 13.7. The van der Waals surface area contributed by atoms with Crippen LogP contribution in [0.4, 0.5) is 0 Å². The molecule has 0 aromatic rings. The topological polar surface area (TPSA) is 0 Å².